The fourth-order valence-electron chi connectivity index (χ4n) is 3.22. The Morgan fingerprint density at radius 3 is 2.58 bits per heavy atom. The molecule has 3 aromatic rings. The second-order valence-corrected chi connectivity index (χ2v) is 6.75. The molecule has 1 amide bonds. The summed E-state index contributed by atoms with van der Waals surface area (Å²) in [5.41, 5.74) is 3.45. The number of phenolic OH excluding ortho intramolecular Hbond substituents is 1. The summed E-state index contributed by atoms with van der Waals surface area (Å²) in [7, 11) is 0. The summed E-state index contributed by atoms with van der Waals surface area (Å²) in [4.78, 5) is 15.0. The van der Waals surface area contributed by atoms with Gasteiger partial charge in [0.05, 0.1) is 17.4 Å². The predicted molar refractivity (Wildman–Crippen MR) is 96.8 cm³/mol. The van der Waals surface area contributed by atoms with Crippen molar-refractivity contribution in [2.24, 2.45) is 0 Å². The van der Waals surface area contributed by atoms with Gasteiger partial charge in [0.2, 0.25) is 0 Å². The fraction of sp³-hybridized carbons (Fsp3) is 0.105. The van der Waals surface area contributed by atoms with Crippen LogP contribution in [-0.4, -0.2) is 15.6 Å². The molecule has 1 aliphatic rings. The number of nitrogens with zero attached hydrogens (tertiary/aromatic N) is 2. The van der Waals surface area contributed by atoms with Crippen LogP contribution in [0, 0.1) is 0 Å². The molecule has 0 spiro atoms. The number of carbonyl (C=O) groups excluding carboxylic acids is 1. The minimum Gasteiger partial charge on any atom is -0.508 e. The number of aromatic nitrogens is 1. The van der Waals surface area contributed by atoms with Gasteiger partial charge in [0.25, 0.3) is 5.91 Å². The van der Waals surface area contributed by atoms with Crippen molar-refractivity contribution in [2.75, 3.05) is 4.90 Å². The molecule has 4 rings (SSSR count). The summed E-state index contributed by atoms with van der Waals surface area (Å²) in [6.45, 7) is 2.02. The molecule has 0 fully saturated rings. The zero-order valence-electron chi connectivity index (χ0n) is 13.0. The van der Waals surface area contributed by atoms with Crippen LogP contribution >= 0.6 is 15.9 Å². The average molecular weight is 383 g/mol. The molecule has 120 valence electrons. The Balaban J connectivity index is 1.88. The van der Waals surface area contributed by atoms with Crippen molar-refractivity contribution in [3.63, 3.8) is 0 Å². The van der Waals surface area contributed by atoms with Gasteiger partial charge in [0, 0.05) is 21.9 Å². The molecule has 2 aromatic carbocycles. The van der Waals surface area contributed by atoms with Crippen LogP contribution in [0.5, 0.6) is 5.75 Å². The van der Waals surface area contributed by atoms with Crippen molar-refractivity contribution in [3.8, 4) is 11.4 Å². The van der Waals surface area contributed by atoms with E-state index in [1.165, 1.54) is 12.1 Å². The quantitative estimate of drug-likeness (QED) is 0.664. The Morgan fingerprint density at radius 2 is 1.83 bits per heavy atom. The van der Waals surface area contributed by atoms with Gasteiger partial charge in [-0.1, -0.05) is 15.9 Å². The molecule has 24 heavy (non-hydrogen) atoms. The molecule has 5 heteroatoms. The first kappa shape index (κ1) is 15.0. The standard InChI is InChI=1S/C19H15BrN2O2/c1-12-16-3-2-10-21(16)17-9-6-14(20)11-18(17)22(12)19(24)13-4-7-15(23)8-5-13/h2-12,23H,1H3. The lowest BCUT2D eigenvalue weighted by molar-refractivity contribution is 0.0976. The molecule has 1 atom stereocenters. The lowest BCUT2D eigenvalue weighted by Gasteiger charge is -2.36. The molecule has 0 saturated carbocycles. The number of amides is 1. The largest absolute Gasteiger partial charge is 0.508 e. The molecule has 1 aromatic heterocycles. The minimum atomic E-state index is -0.0943. The Labute approximate surface area is 148 Å². The molecule has 1 N–H and O–H groups in total. The van der Waals surface area contributed by atoms with Gasteiger partial charge in [-0.2, -0.15) is 0 Å². The van der Waals surface area contributed by atoms with E-state index in [4.69, 9.17) is 0 Å². The third kappa shape index (κ3) is 2.24. The van der Waals surface area contributed by atoms with E-state index >= 15 is 0 Å². The summed E-state index contributed by atoms with van der Waals surface area (Å²) < 4.78 is 3.04. The first-order valence-electron chi connectivity index (χ1n) is 7.66. The average Bonchev–Trinajstić information content (AvgIpc) is 3.05. The number of aromatic hydroxyl groups is 1. The van der Waals surface area contributed by atoms with Crippen LogP contribution in [0.15, 0.2) is 65.3 Å². The van der Waals surface area contributed by atoms with Crippen LogP contribution < -0.4 is 4.90 Å². The summed E-state index contributed by atoms with van der Waals surface area (Å²) in [5.74, 6) is 0.0598. The maximum Gasteiger partial charge on any atom is 0.258 e. The van der Waals surface area contributed by atoms with Gasteiger partial charge >= 0.3 is 0 Å². The van der Waals surface area contributed by atoms with Crippen molar-refractivity contribution < 1.29 is 9.90 Å². The smallest absolute Gasteiger partial charge is 0.258 e. The first-order chi connectivity index (χ1) is 11.6. The van der Waals surface area contributed by atoms with Gasteiger partial charge in [0.15, 0.2) is 0 Å². The molecule has 0 aliphatic carbocycles. The highest BCUT2D eigenvalue weighted by Gasteiger charge is 2.32. The Bertz CT molecular complexity index is 931. The van der Waals surface area contributed by atoms with Crippen LogP contribution in [0.2, 0.25) is 0 Å². The van der Waals surface area contributed by atoms with Crippen LogP contribution in [0.1, 0.15) is 29.0 Å². The Kier molecular flexibility index (Phi) is 3.46. The summed E-state index contributed by atoms with van der Waals surface area (Å²) in [6.07, 6.45) is 2.01. The summed E-state index contributed by atoms with van der Waals surface area (Å²) in [6, 6.07) is 16.2. The van der Waals surface area contributed by atoms with Crippen molar-refractivity contribution in [2.45, 2.75) is 13.0 Å². The third-order valence-electron chi connectivity index (χ3n) is 4.39. The lowest BCUT2D eigenvalue weighted by atomic mass is 10.0. The number of benzene rings is 2. The third-order valence-corrected chi connectivity index (χ3v) is 4.88. The number of hydrogen-bond donors (Lipinski definition) is 1. The van der Waals surface area contributed by atoms with Crippen LogP contribution in [-0.2, 0) is 0 Å². The zero-order valence-corrected chi connectivity index (χ0v) is 14.6. The zero-order chi connectivity index (χ0) is 16.8. The van der Waals surface area contributed by atoms with Crippen LogP contribution in [0.4, 0.5) is 5.69 Å². The molecule has 1 unspecified atom stereocenters. The molecule has 4 nitrogen and oxygen atoms in total. The highest BCUT2D eigenvalue weighted by atomic mass is 79.9. The number of hydrogen-bond acceptors (Lipinski definition) is 2. The monoisotopic (exact) mass is 382 g/mol. The normalized spacial score (nSPS) is 15.8. The van der Waals surface area contributed by atoms with Crippen molar-refractivity contribution in [1.82, 2.24) is 4.57 Å². The van der Waals surface area contributed by atoms with Crippen LogP contribution in [0.25, 0.3) is 5.69 Å². The van der Waals surface area contributed by atoms with Gasteiger partial charge in [-0.3, -0.25) is 9.69 Å². The lowest BCUT2D eigenvalue weighted by Crippen LogP contribution is -2.38. The van der Waals surface area contributed by atoms with E-state index < -0.39 is 0 Å². The van der Waals surface area contributed by atoms with E-state index in [1.807, 2.05) is 48.4 Å². The van der Waals surface area contributed by atoms with Crippen molar-refractivity contribution in [1.29, 1.82) is 0 Å². The van der Waals surface area contributed by atoms with E-state index in [-0.39, 0.29) is 17.7 Å². The Hall–Kier alpha value is -2.53. The van der Waals surface area contributed by atoms with Gasteiger partial charge in [-0.05, 0) is 61.5 Å². The van der Waals surface area contributed by atoms with Gasteiger partial charge < -0.3 is 9.67 Å². The number of halogens is 1. The number of fused-ring (bicyclic) bond motifs is 3. The van der Waals surface area contributed by atoms with E-state index in [1.54, 1.807) is 12.1 Å². The predicted octanol–water partition coefficient (Wildman–Crippen LogP) is 4.67. The first-order valence-corrected chi connectivity index (χ1v) is 8.45. The molecule has 1 aliphatic heterocycles. The summed E-state index contributed by atoms with van der Waals surface area (Å²) >= 11 is 3.50. The molecule has 2 heterocycles. The minimum absolute atomic E-state index is 0.0886. The maximum atomic E-state index is 13.1. The highest BCUT2D eigenvalue weighted by Crippen LogP contribution is 2.41. The van der Waals surface area contributed by atoms with E-state index in [9.17, 15) is 9.90 Å². The number of phenols is 1. The highest BCUT2D eigenvalue weighted by molar-refractivity contribution is 9.10. The van der Waals surface area contributed by atoms with Crippen LogP contribution in [0.3, 0.4) is 0 Å². The maximum absolute atomic E-state index is 13.1. The summed E-state index contributed by atoms with van der Waals surface area (Å²) in [5, 5.41) is 9.46. The number of carbonyl (C=O) groups is 1. The molecule has 0 radical (unpaired) electrons. The van der Waals surface area contributed by atoms with E-state index in [0.717, 1.165) is 21.5 Å². The van der Waals surface area contributed by atoms with Crippen molar-refractivity contribution in [3.05, 3.63) is 76.5 Å². The topological polar surface area (TPSA) is 45.5 Å². The van der Waals surface area contributed by atoms with Gasteiger partial charge in [0.1, 0.15) is 5.75 Å². The SMILES string of the molecule is CC1c2cccn2-c2ccc(Br)cc2N1C(=O)c1ccc(O)cc1. The van der Waals surface area contributed by atoms with E-state index in [0.29, 0.717) is 5.56 Å². The second-order valence-electron chi connectivity index (χ2n) is 5.83. The fourth-order valence-corrected chi connectivity index (χ4v) is 3.57. The van der Waals surface area contributed by atoms with E-state index in [2.05, 4.69) is 20.5 Å². The molecular weight excluding hydrogens is 368 g/mol. The van der Waals surface area contributed by atoms with Crippen molar-refractivity contribution >= 4 is 27.5 Å². The number of anilines is 1. The van der Waals surface area contributed by atoms with Gasteiger partial charge in [-0.15, -0.1) is 0 Å². The molecule has 0 saturated heterocycles. The molecule has 0 bridgehead atoms. The second kappa shape index (κ2) is 5.53. The van der Waals surface area contributed by atoms with Gasteiger partial charge in [-0.25, -0.2) is 0 Å². The number of rotatable bonds is 1. The Morgan fingerprint density at radius 1 is 1.08 bits per heavy atom. The molecular formula is C19H15BrN2O2.